The molecule has 5 saturated carbocycles. The number of rotatable bonds is 1. The number of hydrogen-bond acceptors (Lipinski definition) is 2. The molecule has 34 heavy (non-hydrogen) atoms. The van der Waals surface area contributed by atoms with Crippen molar-refractivity contribution in [3.05, 3.63) is 12.2 Å². The maximum Gasteiger partial charge on any atom is 0.302 e. The van der Waals surface area contributed by atoms with Crippen molar-refractivity contribution in [2.24, 2.45) is 56.7 Å². The highest BCUT2D eigenvalue weighted by Gasteiger charge is 2.70. The van der Waals surface area contributed by atoms with Gasteiger partial charge in [0, 0.05) is 12.3 Å². The Morgan fingerprint density at radius 2 is 1.56 bits per heavy atom. The van der Waals surface area contributed by atoms with Crippen LogP contribution < -0.4 is 0 Å². The van der Waals surface area contributed by atoms with Gasteiger partial charge in [0.15, 0.2) is 0 Å². The Balaban J connectivity index is 1.50. The molecule has 5 aliphatic carbocycles. The van der Waals surface area contributed by atoms with Gasteiger partial charge in [-0.3, -0.25) is 4.79 Å². The molecular weight excluding hydrogens is 416 g/mol. The Bertz CT molecular complexity index is 872. The van der Waals surface area contributed by atoms with Gasteiger partial charge >= 0.3 is 5.97 Å². The quantitative estimate of drug-likeness (QED) is 0.284. The zero-order chi connectivity index (χ0) is 24.9. The summed E-state index contributed by atoms with van der Waals surface area (Å²) in [7, 11) is 0. The molecule has 0 N–H and O–H groups in total. The summed E-state index contributed by atoms with van der Waals surface area (Å²) < 4.78 is 5.91. The van der Waals surface area contributed by atoms with Crippen LogP contribution in [0.25, 0.3) is 0 Å². The number of fused-ring (bicyclic) bond motifs is 7. The summed E-state index contributed by atoms with van der Waals surface area (Å²) in [4.78, 5) is 11.9. The van der Waals surface area contributed by atoms with E-state index in [1.165, 1.54) is 63.4 Å². The molecule has 0 aliphatic heterocycles. The highest BCUT2D eigenvalue weighted by molar-refractivity contribution is 5.66. The van der Waals surface area contributed by atoms with Gasteiger partial charge in [-0.05, 0) is 115 Å². The standard InChI is InChI=1S/C32H52O2/c1-20-12-15-29(6)18-19-31(8)23(27(29)21(20)2)10-11-25-30(7)16-14-26(34-22(3)33)28(4,5)24(30)13-17-32(25,31)9/h21,23-27H,1,10-19H2,2-9H3/t21-,23+,24-,25+,26+,27+,29+,30-,31+,32+/m0/s1. The van der Waals surface area contributed by atoms with Crippen molar-refractivity contribution in [2.45, 2.75) is 126 Å². The molecule has 2 heteroatoms. The molecule has 0 amide bonds. The first-order valence-corrected chi connectivity index (χ1v) is 14.6. The van der Waals surface area contributed by atoms with E-state index in [1.54, 1.807) is 6.92 Å². The van der Waals surface area contributed by atoms with Crippen LogP contribution in [0.5, 0.6) is 0 Å². The van der Waals surface area contributed by atoms with Gasteiger partial charge in [0.1, 0.15) is 6.10 Å². The molecule has 2 nitrogen and oxygen atoms in total. The van der Waals surface area contributed by atoms with Crippen molar-refractivity contribution in [1.29, 1.82) is 0 Å². The Morgan fingerprint density at radius 1 is 0.853 bits per heavy atom. The Morgan fingerprint density at radius 3 is 2.24 bits per heavy atom. The fourth-order valence-electron chi connectivity index (χ4n) is 11.8. The lowest BCUT2D eigenvalue weighted by molar-refractivity contribution is -0.253. The third kappa shape index (κ3) is 3.08. The van der Waals surface area contributed by atoms with E-state index in [0.717, 1.165) is 24.2 Å². The average Bonchev–Trinajstić information content (AvgIpc) is 2.74. The van der Waals surface area contributed by atoms with Crippen LogP contribution in [0.2, 0.25) is 0 Å². The van der Waals surface area contributed by atoms with Crippen molar-refractivity contribution in [2.75, 3.05) is 0 Å². The number of ether oxygens (including phenoxy) is 1. The summed E-state index contributed by atoms with van der Waals surface area (Å²) in [6, 6.07) is 0. The van der Waals surface area contributed by atoms with Gasteiger partial charge < -0.3 is 4.74 Å². The minimum absolute atomic E-state index is 0.0541. The summed E-state index contributed by atoms with van der Waals surface area (Å²) in [5.41, 5.74) is 3.28. The zero-order valence-corrected chi connectivity index (χ0v) is 23.6. The first-order chi connectivity index (χ1) is 15.7. The molecule has 0 aromatic heterocycles. The summed E-state index contributed by atoms with van der Waals surface area (Å²) >= 11 is 0. The molecule has 5 fully saturated rings. The van der Waals surface area contributed by atoms with E-state index in [9.17, 15) is 4.79 Å². The Hall–Kier alpha value is -0.790. The lowest BCUT2D eigenvalue weighted by atomic mass is 9.31. The molecule has 5 rings (SSSR count). The minimum atomic E-state index is -0.108. The second kappa shape index (κ2) is 7.61. The van der Waals surface area contributed by atoms with Crippen molar-refractivity contribution in [3.8, 4) is 0 Å². The molecule has 0 heterocycles. The number of hydrogen-bond donors (Lipinski definition) is 0. The van der Waals surface area contributed by atoms with Gasteiger partial charge in [0.25, 0.3) is 0 Å². The van der Waals surface area contributed by atoms with Crippen molar-refractivity contribution in [3.63, 3.8) is 0 Å². The molecule has 10 atom stereocenters. The van der Waals surface area contributed by atoms with Crippen LogP contribution in [-0.4, -0.2) is 12.1 Å². The lowest BCUT2D eigenvalue weighted by Gasteiger charge is -2.73. The smallest absolute Gasteiger partial charge is 0.302 e. The van der Waals surface area contributed by atoms with E-state index in [1.807, 2.05) is 0 Å². The molecule has 0 unspecified atom stereocenters. The van der Waals surface area contributed by atoms with Crippen LogP contribution in [-0.2, 0) is 9.53 Å². The fraction of sp³-hybridized carbons (Fsp3) is 0.906. The third-order valence-corrected chi connectivity index (χ3v) is 13.8. The fourth-order valence-corrected chi connectivity index (χ4v) is 11.8. The first kappa shape index (κ1) is 24.9. The molecule has 5 aliphatic rings. The Kier molecular flexibility index (Phi) is 5.57. The number of esters is 1. The summed E-state index contributed by atoms with van der Waals surface area (Å²) in [5, 5.41) is 0. The number of carbonyl (C=O) groups is 1. The largest absolute Gasteiger partial charge is 0.462 e. The van der Waals surface area contributed by atoms with E-state index in [4.69, 9.17) is 4.74 Å². The maximum atomic E-state index is 11.9. The minimum Gasteiger partial charge on any atom is -0.462 e. The monoisotopic (exact) mass is 468 g/mol. The van der Waals surface area contributed by atoms with Crippen LogP contribution in [0.15, 0.2) is 12.2 Å². The SMILES string of the molecule is C=C1CC[C@]2(C)CC[C@]3(C)[C@H](CC[C@@H]4[C@@]5(C)CC[C@@H](OC(C)=O)C(C)(C)[C@@H]5CC[C@]43C)[C@H]2[C@H]1C. The van der Waals surface area contributed by atoms with Gasteiger partial charge in [0.05, 0.1) is 0 Å². The summed E-state index contributed by atoms with van der Waals surface area (Å²) in [5.74, 6) is 3.64. The maximum absolute atomic E-state index is 11.9. The van der Waals surface area contributed by atoms with Gasteiger partial charge in [-0.15, -0.1) is 0 Å². The van der Waals surface area contributed by atoms with E-state index in [0.29, 0.717) is 33.5 Å². The van der Waals surface area contributed by atoms with Crippen LogP contribution in [0.4, 0.5) is 0 Å². The predicted octanol–water partition coefficient (Wildman–Crippen LogP) is 8.60. The predicted molar refractivity (Wildman–Crippen MR) is 140 cm³/mol. The van der Waals surface area contributed by atoms with E-state index >= 15 is 0 Å². The van der Waals surface area contributed by atoms with Gasteiger partial charge in [-0.25, -0.2) is 0 Å². The van der Waals surface area contributed by atoms with Crippen molar-refractivity contribution >= 4 is 5.97 Å². The lowest BCUT2D eigenvalue weighted by Crippen LogP contribution is -2.67. The summed E-state index contributed by atoms with van der Waals surface area (Å²) in [6.07, 6.45) is 13.2. The van der Waals surface area contributed by atoms with E-state index < -0.39 is 0 Å². The van der Waals surface area contributed by atoms with E-state index in [-0.39, 0.29) is 17.5 Å². The average molecular weight is 469 g/mol. The highest BCUT2D eigenvalue weighted by Crippen LogP contribution is 2.77. The molecule has 0 saturated heterocycles. The third-order valence-electron chi connectivity index (χ3n) is 13.8. The Labute approximate surface area is 210 Å². The van der Waals surface area contributed by atoms with Crippen molar-refractivity contribution < 1.29 is 9.53 Å². The van der Waals surface area contributed by atoms with Crippen LogP contribution in [0, 0.1) is 56.7 Å². The van der Waals surface area contributed by atoms with Crippen LogP contribution >= 0.6 is 0 Å². The normalized spacial score (nSPS) is 54.2. The van der Waals surface area contributed by atoms with E-state index in [2.05, 4.69) is 55.0 Å². The molecule has 0 spiro atoms. The zero-order valence-electron chi connectivity index (χ0n) is 23.6. The second-order valence-corrected chi connectivity index (χ2v) is 15.3. The van der Waals surface area contributed by atoms with Crippen molar-refractivity contribution in [1.82, 2.24) is 0 Å². The van der Waals surface area contributed by atoms with Crippen LogP contribution in [0.3, 0.4) is 0 Å². The molecule has 0 aromatic carbocycles. The summed E-state index contributed by atoms with van der Waals surface area (Å²) in [6.45, 7) is 24.2. The molecular formula is C32H52O2. The number of allylic oxidation sites excluding steroid dienone is 1. The molecule has 0 aromatic rings. The van der Waals surface area contributed by atoms with Gasteiger partial charge in [0.2, 0.25) is 0 Å². The van der Waals surface area contributed by atoms with Gasteiger partial charge in [-0.1, -0.05) is 60.6 Å². The van der Waals surface area contributed by atoms with Crippen LogP contribution in [0.1, 0.15) is 120 Å². The molecule has 192 valence electrons. The molecule has 0 bridgehead atoms. The number of carbonyl (C=O) groups excluding carboxylic acids is 1. The second-order valence-electron chi connectivity index (χ2n) is 15.3. The molecule has 0 radical (unpaired) electrons. The topological polar surface area (TPSA) is 26.3 Å². The first-order valence-electron chi connectivity index (χ1n) is 14.6. The van der Waals surface area contributed by atoms with Gasteiger partial charge in [-0.2, -0.15) is 0 Å². The highest BCUT2D eigenvalue weighted by atomic mass is 16.5.